The van der Waals surface area contributed by atoms with Gasteiger partial charge in [-0.3, -0.25) is 0 Å². The first-order chi connectivity index (χ1) is 7.72. The first kappa shape index (κ1) is 11.4. The Bertz CT molecular complexity index is 345. The SMILES string of the molecule is CCCN(c1cc(C(C)N)ccn1)C1CC1. The molecule has 0 saturated heterocycles. The molecule has 0 aliphatic heterocycles. The highest BCUT2D eigenvalue weighted by molar-refractivity contribution is 5.44. The Morgan fingerprint density at radius 3 is 2.88 bits per heavy atom. The van der Waals surface area contributed by atoms with Crippen LogP contribution in [0, 0.1) is 0 Å². The zero-order chi connectivity index (χ0) is 11.5. The van der Waals surface area contributed by atoms with Crippen molar-refractivity contribution in [3.63, 3.8) is 0 Å². The van der Waals surface area contributed by atoms with Gasteiger partial charge in [-0.25, -0.2) is 4.98 Å². The van der Waals surface area contributed by atoms with Crippen LogP contribution in [0.3, 0.4) is 0 Å². The molecule has 1 aromatic rings. The maximum absolute atomic E-state index is 5.90. The highest BCUT2D eigenvalue weighted by Crippen LogP contribution is 2.31. The Hall–Kier alpha value is -1.09. The molecule has 1 atom stereocenters. The van der Waals surface area contributed by atoms with Gasteiger partial charge in [0.15, 0.2) is 0 Å². The van der Waals surface area contributed by atoms with Crippen LogP contribution in [0.4, 0.5) is 5.82 Å². The molecule has 1 fully saturated rings. The fourth-order valence-electron chi connectivity index (χ4n) is 1.99. The van der Waals surface area contributed by atoms with Crippen molar-refractivity contribution in [1.29, 1.82) is 0 Å². The minimum Gasteiger partial charge on any atom is -0.354 e. The second-order valence-corrected chi connectivity index (χ2v) is 4.66. The molecule has 0 radical (unpaired) electrons. The second-order valence-electron chi connectivity index (χ2n) is 4.66. The number of rotatable bonds is 5. The van der Waals surface area contributed by atoms with Gasteiger partial charge < -0.3 is 10.6 Å². The van der Waals surface area contributed by atoms with Crippen LogP contribution < -0.4 is 10.6 Å². The number of pyridine rings is 1. The Morgan fingerprint density at radius 2 is 2.31 bits per heavy atom. The van der Waals surface area contributed by atoms with E-state index in [9.17, 15) is 0 Å². The average Bonchev–Trinajstić information content (AvgIpc) is 3.10. The van der Waals surface area contributed by atoms with Gasteiger partial charge >= 0.3 is 0 Å². The van der Waals surface area contributed by atoms with E-state index in [4.69, 9.17) is 5.73 Å². The van der Waals surface area contributed by atoms with Crippen LogP contribution in [0.15, 0.2) is 18.3 Å². The van der Waals surface area contributed by atoms with E-state index in [-0.39, 0.29) is 6.04 Å². The summed E-state index contributed by atoms with van der Waals surface area (Å²) in [5.41, 5.74) is 7.08. The van der Waals surface area contributed by atoms with Gasteiger partial charge in [0.25, 0.3) is 0 Å². The number of anilines is 1. The summed E-state index contributed by atoms with van der Waals surface area (Å²) in [7, 11) is 0. The quantitative estimate of drug-likeness (QED) is 0.827. The van der Waals surface area contributed by atoms with E-state index in [0.29, 0.717) is 0 Å². The van der Waals surface area contributed by atoms with Crippen LogP contribution >= 0.6 is 0 Å². The highest BCUT2D eigenvalue weighted by Gasteiger charge is 2.29. The molecule has 0 aromatic carbocycles. The first-order valence-electron chi connectivity index (χ1n) is 6.20. The van der Waals surface area contributed by atoms with Crippen molar-refractivity contribution < 1.29 is 0 Å². The second kappa shape index (κ2) is 4.83. The van der Waals surface area contributed by atoms with E-state index < -0.39 is 0 Å². The monoisotopic (exact) mass is 219 g/mol. The Kier molecular flexibility index (Phi) is 3.44. The van der Waals surface area contributed by atoms with Gasteiger partial charge in [0.1, 0.15) is 5.82 Å². The van der Waals surface area contributed by atoms with Crippen LogP contribution in [0.25, 0.3) is 0 Å². The van der Waals surface area contributed by atoms with E-state index >= 15 is 0 Å². The standard InChI is InChI=1S/C13H21N3/c1-3-8-16(12-4-5-12)13-9-11(10(2)14)6-7-15-13/h6-7,9-10,12H,3-5,8,14H2,1-2H3. The molecule has 0 spiro atoms. The molecule has 16 heavy (non-hydrogen) atoms. The third-order valence-corrected chi connectivity index (χ3v) is 3.04. The fourth-order valence-corrected chi connectivity index (χ4v) is 1.99. The lowest BCUT2D eigenvalue weighted by molar-refractivity contribution is 0.744. The minimum atomic E-state index is 0.0874. The maximum atomic E-state index is 5.90. The lowest BCUT2D eigenvalue weighted by Crippen LogP contribution is -2.27. The molecule has 1 saturated carbocycles. The van der Waals surface area contributed by atoms with E-state index in [0.717, 1.165) is 18.4 Å². The van der Waals surface area contributed by atoms with Gasteiger partial charge in [-0.2, -0.15) is 0 Å². The summed E-state index contributed by atoms with van der Waals surface area (Å²) >= 11 is 0. The van der Waals surface area contributed by atoms with Crippen LogP contribution in [-0.4, -0.2) is 17.6 Å². The van der Waals surface area contributed by atoms with Gasteiger partial charge in [0.05, 0.1) is 0 Å². The normalized spacial score (nSPS) is 17.2. The van der Waals surface area contributed by atoms with Crippen molar-refractivity contribution in [3.05, 3.63) is 23.9 Å². The summed E-state index contributed by atoms with van der Waals surface area (Å²) in [6, 6.07) is 4.95. The lowest BCUT2D eigenvalue weighted by atomic mass is 10.1. The van der Waals surface area contributed by atoms with Gasteiger partial charge in [-0.15, -0.1) is 0 Å². The summed E-state index contributed by atoms with van der Waals surface area (Å²) in [4.78, 5) is 6.89. The van der Waals surface area contributed by atoms with Crippen LogP contribution in [0.2, 0.25) is 0 Å². The Labute approximate surface area is 97.7 Å². The maximum Gasteiger partial charge on any atom is 0.129 e. The smallest absolute Gasteiger partial charge is 0.129 e. The van der Waals surface area contributed by atoms with Gasteiger partial charge in [-0.1, -0.05) is 6.92 Å². The molecule has 0 bridgehead atoms. The third-order valence-electron chi connectivity index (χ3n) is 3.04. The summed E-state index contributed by atoms with van der Waals surface area (Å²) in [6.07, 6.45) is 5.66. The molecule has 1 aromatic heterocycles. The van der Waals surface area contributed by atoms with Crippen LogP contribution in [0.1, 0.15) is 44.7 Å². The Morgan fingerprint density at radius 1 is 1.56 bits per heavy atom. The predicted molar refractivity (Wildman–Crippen MR) is 67.5 cm³/mol. The minimum absolute atomic E-state index is 0.0874. The van der Waals surface area contributed by atoms with Crippen molar-refractivity contribution in [2.24, 2.45) is 5.73 Å². The molecule has 1 heterocycles. The molecule has 1 aliphatic rings. The molecular weight excluding hydrogens is 198 g/mol. The number of aromatic nitrogens is 1. The van der Waals surface area contributed by atoms with Gasteiger partial charge in [0.2, 0.25) is 0 Å². The van der Waals surface area contributed by atoms with Crippen molar-refractivity contribution in [1.82, 2.24) is 4.98 Å². The van der Waals surface area contributed by atoms with E-state index in [1.807, 2.05) is 19.2 Å². The third kappa shape index (κ3) is 2.53. The molecule has 0 amide bonds. The number of hydrogen-bond donors (Lipinski definition) is 1. The fraction of sp³-hybridized carbons (Fsp3) is 0.615. The van der Waals surface area contributed by atoms with E-state index in [1.54, 1.807) is 0 Å². The van der Waals surface area contributed by atoms with Crippen LogP contribution in [0.5, 0.6) is 0 Å². The first-order valence-corrected chi connectivity index (χ1v) is 6.20. The summed E-state index contributed by atoms with van der Waals surface area (Å²) < 4.78 is 0. The zero-order valence-electron chi connectivity index (χ0n) is 10.2. The zero-order valence-corrected chi connectivity index (χ0v) is 10.2. The van der Waals surface area contributed by atoms with Crippen LogP contribution in [-0.2, 0) is 0 Å². The summed E-state index contributed by atoms with van der Waals surface area (Å²) in [5, 5.41) is 0. The molecule has 88 valence electrons. The van der Waals surface area contributed by atoms with Gasteiger partial charge in [-0.05, 0) is 43.9 Å². The topological polar surface area (TPSA) is 42.1 Å². The van der Waals surface area contributed by atoms with Crippen molar-refractivity contribution in [3.8, 4) is 0 Å². The molecule has 2 N–H and O–H groups in total. The highest BCUT2D eigenvalue weighted by atomic mass is 15.2. The van der Waals surface area contributed by atoms with Gasteiger partial charge in [0, 0.05) is 24.8 Å². The molecular formula is C13H21N3. The number of nitrogens with zero attached hydrogens (tertiary/aromatic N) is 2. The molecule has 1 unspecified atom stereocenters. The molecule has 3 heteroatoms. The summed E-state index contributed by atoms with van der Waals surface area (Å²) in [5.74, 6) is 1.10. The molecule has 3 nitrogen and oxygen atoms in total. The van der Waals surface area contributed by atoms with E-state index in [2.05, 4.69) is 22.9 Å². The van der Waals surface area contributed by atoms with Crippen molar-refractivity contribution >= 4 is 5.82 Å². The van der Waals surface area contributed by atoms with Crippen molar-refractivity contribution in [2.45, 2.75) is 45.2 Å². The average molecular weight is 219 g/mol. The van der Waals surface area contributed by atoms with Crippen molar-refractivity contribution in [2.75, 3.05) is 11.4 Å². The molecule has 1 aliphatic carbocycles. The largest absolute Gasteiger partial charge is 0.354 e. The predicted octanol–water partition coefficient (Wildman–Crippen LogP) is 2.48. The lowest BCUT2D eigenvalue weighted by Gasteiger charge is -2.23. The number of nitrogens with two attached hydrogens (primary N) is 1. The van der Waals surface area contributed by atoms with E-state index in [1.165, 1.54) is 24.8 Å². The molecule has 2 rings (SSSR count). The Balaban J connectivity index is 2.19. The number of hydrogen-bond acceptors (Lipinski definition) is 3. The summed E-state index contributed by atoms with van der Waals surface area (Å²) in [6.45, 7) is 5.32.